The first kappa shape index (κ1) is 13.4. The summed E-state index contributed by atoms with van der Waals surface area (Å²) in [5.41, 5.74) is 2.60. The van der Waals surface area contributed by atoms with Crippen molar-refractivity contribution in [2.24, 2.45) is 0 Å². The van der Waals surface area contributed by atoms with Crippen LogP contribution in [0.2, 0.25) is 0 Å². The molecule has 86 valence electrons. The van der Waals surface area contributed by atoms with Gasteiger partial charge in [-0.1, -0.05) is 23.6 Å². The van der Waals surface area contributed by atoms with Crippen molar-refractivity contribution < 1.29 is 4.79 Å². The van der Waals surface area contributed by atoms with Crippen molar-refractivity contribution in [3.05, 3.63) is 34.9 Å². The Kier molecular flexibility index (Phi) is 5.33. The van der Waals surface area contributed by atoms with E-state index in [1.807, 2.05) is 19.1 Å². The van der Waals surface area contributed by atoms with Crippen LogP contribution in [0.4, 0.5) is 0 Å². The lowest BCUT2D eigenvalue weighted by molar-refractivity contribution is -0.109. The Balaban J connectivity index is 2.60. The Labute approximate surface area is 106 Å². The molecule has 0 fully saturated rings. The first-order chi connectivity index (χ1) is 8.13. The average Bonchev–Trinajstić information content (AvgIpc) is 2.30. The molecule has 1 aromatic rings. The molecule has 1 rings (SSSR count). The van der Waals surface area contributed by atoms with Gasteiger partial charge in [0.2, 0.25) is 0 Å². The number of nitriles is 1. The maximum absolute atomic E-state index is 10.7. The van der Waals surface area contributed by atoms with Gasteiger partial charge in [0.15, 0.2) is 5.12 Å². The molecule has 0 aliphatic heterocycles. The van der Waals surface area contributed by atoms with Gasteiger partial charge in [-0.15, -0.1) is 0 Å². The van der Waals surface area contributed by atoms with Crippen LogP contribution < -0.4 is 0 Å². The van der Waals surface area contributed by atoms with Crippen LogP contribution in [-0.4, -0.2) is 10.9 Å². The zero-order valence-corrected chi connectivity index (χ0v) is 10.7. The van der Waals surface area contributed by atoms with Crippen molar-refractivity contribution in [3.8, 4) is 17.9 Å². The molecule has 0 atom stereocenters. The molecule has 0 aliphatic carbocycles. The first-order valence-electron chi connectivity index (χ1n) is 5.26. The van der Waals surface area contributed by atoms with Crippen LogP contribution in [0.15, 0.2) is 18.2 Å². The lowest BCUT2D eigenvalue weighted by atomic mass is 10.1. The Morgan fingerprint density at radius 1 is 1.47 bits per heavy atom. The molecule has 1 aromatic carbocycles. The molecular weight excluding hydrogens is 230 g/mol. The molecule has 0 aromatic heterocycles. The first-order valence-corrected chi connectivity index (χ1v) is 6.25. The van der Waals surface area contributed by atoms with Gasteiger partial charge < -0.3 is 0 Å². The highest BCUT2D eigenvalue weighted by Gasteiger charge is 1.96. The highest BCUT2D eigenvalue weighted by atomic mass is 32.2. The zero-order valence-electron chi connectivity index (χ0n) is 9.91. The molecule has 0 radical (unpaired) electrons. The van der Waals surface area contributed by atoms with Crippen molar-refractivity contribution in [1.29, 1.82) is 5.26 Å². The van der Waals surface area contributed by atoms with Crippen molar-refractivity contribution >= 4 is 16.9 Å². The normalized spacial score (nSPS) is 9.00. The molecule has 0 aliphatic rings. The summed E-state index contributed by atoms with van der Waals surface area (Å²) in [6, 6.07) is 7.55. The Bertz CT molecular complexity index is 517. The van der Waals surface area contributed by atoms with Crippen molar-refractivity contribution in [2.75, 3.05) is 5.75 Å². The van der Waals surface area contributed by atoms with Crippen LogP contribution in [0.3, 0.4) is 0 Å². The molecular formula is C14H13NOS. The fourth-order valence-corrected chi connectivity index (χ4v) is 1.77. The summed E-state index contributed by atoms with van der Waals surface area (Å²) in [5.74, 6) is 6.82. The molecule has 0 spiro atoms. The fraction of sp³-hybridized carbons (Fsp3) is 0.286. The van der Waals surface area contributed by atoms with Crippen LogP contribution in [0.1, 0.15) is 30.0 Å². The molecule has 0 unspecified atom stereocenters. The van der Waals surface area contributed by atoms with Gasteiger partial charge in [0, 0.05) is 24.7 Å². The predicted octanol–water partition coefficient (Wildman–Crippen LogP) is 2.89. The van der Waals surface area contributed by atoms with E-state index in [9.17, 15) is 4.79 Å². The summed E-state index contributed by atoms with van der Waals surface area (Å²) in [7, 11) is 0. The lowest BCUT2D eigenvalue weighted by Crippen LogP contribution is -1.86. The van der Waals surface area contributed by atoms with E-state index in [1.165, 1.54) is 11.8 Å². The molecule has 2 nitrogen and oxygen atoms in total. The molecule has 17 heavy (non-hydrogen) atoms. The number of carbonyl (C=O) groups excluding carboxylic acids is 1. The third kappa shape index (κ3) is 4.76. The van der Waals surface area contributed by atoms with Crippen molar-refractivity contribution in [3.63, 3.8) is 0 Å². The predicted molar refractivity (Wildman–Crippen MR) is 70.5 cm³/mol. The summed E-state index contributed by atoms with van der Waals surface area (Å²) >= 11 is 1.29. The Hall–Kier alpha value is -1.71. The van der Waals surface area contributed by atoms with E-state index in [0.29, 0.717) is 12.0 Å². The highest BCUT2D eigenvalue weighted by Crippen LogP contribution is 2.09. The van der Waals surface area contributed by atoms with E-state index in [-0.39, 0.29) is 5.12 Å². The van der Waals surface area contributed by atoms with Gasteiger partial charge in [-0.05, 0) is 30.7 Å². The third-order valence-corrected chi connectivity index (χ3v) is 2.93. The monoisotopic (exact) mass is 243 g/mol. The summed E-state index contributed by atoms with van der Waals surface area (Å²) in [6.07, 6.45) is 0.698. The van der Waals surface area contributed by atoms with E-state index in [0.717, 1.165) is 16.9 Å². The quantitative estimate of drug-likeness (QED) is 0.592. The zero-order chi connectivity index (χ0) is 12.7. The van der Waals surface area contributed by atoms with Crippen molar-refractivity contribution in [2.45, 2.75) is 20.3 Å². The van der Waals surface area contributed by atoms with Gasteiger partial charge >= 0.3 is 0 Å². The standard InChI is InChI=1S/C14H13NOS/c1-11-9-13(10-15)6-7-14(11)5-3-4-8-17-12(2)16/h6-7,9H,4,8H2,1-2H3. The van der Waals surface area contributed by atoms with Gasteiger partial charge in [-0.2, -0.15) is 5.26 Å². The van der Waals surface area contributed by atoms with E-state index >= 15 is 0 Å². The van der Waals surface area contributed by atoms with Gasteiger partial charge in [0.05, 0.1) is 11.6 Å². The third-order valence-electron chi connectivity index (χ3n) is 2.11. The number of rotatable bonds is 2. The molecule has 0 amide bonds. The molecule has 0 saturated carbocycles. The van der Waals surface area contributed by atoms with Gasteiger partial charge in [0.25, 0.3) is 0 Å². The number of hydrogen-bond acceptors (Lipinski definition) is 3. The number of nitrogens with zero attached hydrogens (tertiary/aromatic N) is 1. The summed E-state index contributed by atoms with van der Waals surface area (Å²) in [6.45, 7) is 3.50. The molecule has 0 heterocycles. The van der Waals surface area contributed by atoms with Crippen LogP contribution in [0, 0.1) is 30.1 Å². The smallest absolute Gasteiger partial charge is 0.185 e. The van der Waals surface area contributed by atoms with Gasteiger partial charge in [0.1, 0.15) is 0 Å². The number of aryl methyl sites for hydroxylation is 1. The number of hydrogen-bond donors (Lipinski definition) is 0. The molecule has 3 heteroatoms. The van der Waals surface area contributed by atoms with Crippen molar-refractivity contribution in [1.82, 2.24) is 0 Å². The maximum atomic E-state index is 10.7. The highest BCUT2D eigenvalue weighted by molar-refractivity contribution is 8.13. The van der Waals surface area contributed by atoms with Crippen LogP contribution in [0.5, 0.6) is 0 Å². The second kappa shape index (κ2) is 6.78. The SMILES string of the molecule is CC(=O)SCCC#Cc1ccc(C#N)cc1C. The number of carbonyl (C=O) groups is 1. The number of thioether (sulfide) groups is 1. The summed E-state index contributed by atoms with van der Waals surface area (Å²) < 4.78 is 0. The Morgan fingerprint density at radius 2 is 2.24 bits per heavy atom. The molecule has 0 bridgehead atoms. The second-order valence-corrected chi connectivity index (χ2v) is 4.81. The minimum atomic E-state index is 0.126. The fourth-order valence-electron chi connectivity index (χ4n) is 1.28. The van der Waals surface area contributed by atoms with Gasteiger partial charge in [-0.25, -0.2) is 0 Å². The van der Waals surface area contributed by atoms with Crippen LogP contribution in [-0.2, 0) is 4.79 Å². The maximum Gasteiger partial charge on any atom is 0.185 e. The van der Waals surface area contributed by atoms with E-state index in [4.69, 9.17) is 5.26 Å². The Morgan fingerprint density at radius 3 is 2.82 bits per heavy atom. The summed E-state index contributed by atoms with van der Waals surface area (Å²) in [5, 5.41) is 8.86. The van der Waals surface area contributed by atoms with Crippen LogP contribution >= 0.6 is 11.8 Å². The second-order valence-electron chi connectivity index (χ2n) is 3.53. The lowest BCUT2D eigenvalue weighted by Gasteiger charge is -1.97. The topological polar surface area (TPSA) is 40.9 Å². The average molecular weight is 243 g/mol. The molecule has 0 saturated heterocycles. The minimum absolute atomic E-state index is 0.126. The van der Waals surface area contributed by atoms with Crippen LogP contribution in [0.25, 0.3) is 0 Å². The van der Waals surface area contributed by atoms with Gasteiger partial charge in [-0.3, -0.25) is 4.79 Å². The van der Waals surface area contributed by atoms with E-state index in [1.54, 1.807) is 13.0 Å². The molecule has 0 N–H and O–H groups in total. The summed E-state index contributed by atoms with van der Waals surface area (Å²) in [4.78, 5) is 10.7. The number of benzene rings is 1. The largest absolute Gasteiger partial charge is 0.288 e. The van der Waals surface area contributed by atoms with E-state index in [2.05, 4.69) is 17.9 Å². The minimum Gasteiger partial charge on any atom is -0.288 e. The van der Waals surface area contributed by atoms with E-state index < -0.39 is 0 Å².